The molecular formula is C13H19N. The van der Waals surface area contributed by atoms with Crippen LogP contribution in [0, 0.1) is 0 Å². The minimum atomic E-state index is 0.920. The highest BCUT2D eigenvalue weighted by Gasteiger charge is 1.85. The maximum atomic E-state index is 3.28. The van der Waals surface area contributed by atoms with Crippen molar-refractivity contribution >= 4 is 0 Å². The van der Waals surface area contributed by atoms with Crippen LogP contribution in [-0.2, 0) is 6.54 Å². The lowest BCUT2D eigenvalue weighted by Gasteiger charge is -1.99. The molecule has 1 rings (SSSR count). The molecule has 0 fully saturated rings. The molecule has 1 heteroatoms. The van der Waals surface area contributed by atoms with Crippen molar-refractivity contribution in [1.29, 1.82) is 0 Å². The molecule has 14 heavy (non-hydrogen) atoms. The molecule has 0 aliphatic carbocycles. The normalized spacial score (nSPS) is 10.6. The Hall–Kier alpha value is -1.24. The number of rotatable bonds is 6. The summed E-state index contributed by atoms with van der Waals surface area (Å²) in [5.74, 6) is 0. The van der Waals surface area contributed by atoms with E-state index < -0.39 is 0 Å². The Balaban J connectivity index is 2.12. The highest BCUT2D eigenvalue weighted by molar-refractivity contribution is 5.14. The first kappa shape index (κ1) is 10.8. The van der Waals surface area contributed by atoms with Crippen LogP contribution in [0.5, 0.6) is 0 Å². The maximum Gasteiger partial charge on any atom is 0.0395 e. The molecule has 0 amide bonds. The zero-order chi connectivity index (χ0) is 10.1. The molecule has 0 heterocycles. The third kappa shape index (κ3) is 4.70. The molecule has 1 nitrogen and oxygen atoms in total. The minimum Gasteiger partial charge on any atom is -0.387 e. The smallest absolute Gasteiger partial charge is 0.0395 e. The molecule has 0 spiro atoms. The molecule has 0 saturated carbocycles. The Morgan fingerprint density at radius 2 is 2.00 bits per heavy atom. The first-order valence-electron chi connectivity index (χ1n) is 5.36. The number of hydrogen-bond acceptors (Lipinski definition) is 1. The SMILES string of the molecule is CCCCC=CNCc1ccccc1. The maximum absolute atomic E-state index is 3.28. The summed E-state index contributed by atoms with van der Waals surface area (Å²) in [6, 6.07) is 10.4. The van der Waals surface area contributed by atoms with Crippen LogP contribution in [-0.4, -0.2) is 0 Å². The summed E-state index contributed by atoms with van der Waals surface area (Å²) in [6.45, 7) is 3.13. The fraction of sp³-hybridized carbons (Fsp3) is 0.385. The van der Waals surface area contributed by atoms with Gasteiger partial charge in [0.25, 0.3) is 0 Å². The van der Waals surface area contributed by atoms with E-state index in [1.165, 1.54) is 24.8 Å². The van der Waals surface area contributed by atoms with Crippen LogP contribution in [0.2, 0.25) is 0 Å². The second kappa shape index (κ2) is 7.19. The molecule has 1 N–H and O–H groups in total. The fourth-order valence-electron chi connectivity index (χ4n) is 1.26. The Morgan fingerprint density at radius 3 is 2.71 bits per heavy atom. The van der Waals surface area contributed by atoms with E-state index in [4.69, 9.17) is 0 Å². The van der Waals surface area contributed by atoms with Gasteiger partial charge in [0.15, 0.2) is 0 Å². The van der Waals surface area contributed by atoms with Gasteiger partial charge < -0.3 is 5.32 Å². The first-order valence-corrected chi connectivity index (χ1v) is 5.36. The first-order chi connectivity index (χ1) is 6.93. The second-order valence-electron chi connectivity index (χ2n) is 3.41. The van der Waals surface area contributed by atoms with Crippen molar-refractivity contribution in [3.63, 3.8) is 0 Å². The average Bonchev–Trinajstić information content (AvgIpc) is 2.25. The lowest BCUT2D eigenvalue weighted by Crippen LogP contribution is -2.03. The minimum absolute atomic E-state index is 0.920. The number of unbranched alkanes of at least 4 members (excludes halogenated alkanes) is 2. The molecule has 1 aromatic carbocycles. The van der Waals surface area contributed by atoms with Crippen molar-refractivity contribution in [3.8, 4) is 0 Å². The van der Waals surface area contributed by atoms with E-state index >= 15 is 0 Å². The van der Waals surface area contributed by atoms with E-state index in [0.29, 0.717) is 0 Å². The van der Waals surface area contributed by atoms with E-state index in [2.05, 4.69) is 48.8 Å². The molecule has 0 aromatic heterocycles. The van der Waals surface area contributed by atoms with E-state index in [1.54, 1.807) is 0 Å². The summed E-state index contributed by atoms with van der Waals surface area (Å²) in [5.41, 5.74) is 1.33. The zero-order valence-electron chi connectivity index (χ0n) is 8.87. The van der Waals surface area contributed by atoms with Gasteiger partial charge in [0, 0.05) is 6.54 Å². The lowest BCUT2D eigenvalue weighted by molar-refractivity contribution is 0.801. The van der Waals surface area contributed by atoms with Gasteiger partial charge in [-0.05, 0) is 18.2 Å². The summed E-state index contributed by atoms with van der Waals surface area (Å²) >= 11 is 0. The van der Waals surface area contributed by atoms with Crippen LogP contribution >= 0.6 is 0 Å². The van der Waals surface area contributed by atoms with E-state index in [1.807, 2.05) is 6.07 Å². The summed E-state index contributed by atoms with van der Waals surface area (Å²) in [5, 5.41) is 3.28. The number of nitrogens with one attached hydrogen (secondary N) is 1. The van der Waals surface area contributed by atoms with Crippen LogP contribution in [0.4, 0.5) is 0 Å². The number of allylic oxidation sites excluding steroid dienone is 1. The van der Waals surface area contributed by atoms with Gasteiger partial charge in [-0.1, -0.05) is 56.2 Å². The summed E-state index contributed by atoms with van der Waals surface area (Å²) in [7, 11) is 0. The summed E-state index contributed by atoms with van der Waals surface area (Å²) in [4.78, 5) is 0. The third-order valence-corrected chi connectivity index (χ3v) is 2.11. The molecule has 0 aliphatic heterocycles. The lowest BCUT2D eigenvalue weighted by atomic mass is 10.2. The molecule has 0 saturated heterocycles. The molecule has 1 aromatic rings. The zero-order valence-corrected chi connectivity index (χ0v) is 8.87. The van der Waals surface area contributed by atoms with E-state index in [9.17, 15) is 0 Å². The highest BCUT2D eigenvalue weighted by Crippen LogP contribution is 1.97. The second-order valence-corrected chi connectivity index (χ2v) is 3.41. The molecule has 0 bridgehead atoms. The predicted molar refractivity (Wildman–Crippen MR) is 61.9 cm³/mol. The van der Waals surface area contributed by atoms with Gasteiger partial charge in [-0.15, -0.1) is 0 Å². The molecule has 0 unspecified atom stereocenters. The van der Waals surface area contributed by atoms with Crippen molar-refractivity contribution in [2.75, 3.05) is 0 Å². The van der Waals surface area contributed by atoms with E-state index in [-0.39, 0.29) is 0 Å². The predicted octanol–water partition coefficient (Wildman–Crippen LogP) is 3.48. The van der Waals surface area contributed by atoms with Crippen LogP contribution in [0.25, 0.3) is 0 Å². The number of hydrogen-bond donors (Lipinski definition) is 1. The quantitative estimate of drug-likeness (QED) is 0.675. The monoisotopic (exact) mass is 189 g/mol. The standard InChI is InChI=1S/C13H19N/c1-2-3-4-8-11-14-12-13-9-6-5-7-10-13/h5-11,14H,2-4,12H2,1H3. The Bertz CT molecular complexity index is 251. The van der Waals surface area contributed by atoms with Gasteiger partial charge >= 0.3 is 0 Å². The average molecular weight is 189 g/mol. The van der Waals surface area contributed by atoms with Gasteiger partial charge in [0.05, 0.1) is 0 Å². The van der Waals surface area contributed by atoms with Crippen molar-refractivity contribution < 1.29 is 0 Å². The Kier molecular flexibility index (Phi) is 5.57. The molecular weight excluding hydrogens is 170 g/mol. The third-order valence-electron chi connectivity index (χ3n) is 2.11. The fourth-order valence-corrected chi connectivity index (χ4v) is 1.26. The summed E-state index contributed by atoms with van der Waals surface area (Å²) in [6.07, 6.45) is 7.99. The van der Waals surface area contributed by atoms with Crippen LogP contribution in [0.15, 0.2) is 42.6 Å². The van der Waals surface area contributed by atoms with Crippen LogP contribution in [0.1, 0.15) is 31.7 Å². The molecule has 0 atom stereocenters. The topological polar surface area (TPSA) is 12.0 Å². The Labute approximate surface area is 86.8 Å². The van der Waals surface area contributed by atoms with Gasteiger partial charge in [-0.2, -0.15) is 0 Å². The number of benzene rings is 1. The van der Waals surface area contributed by atoms with Gasteiger partial charge in [-0.3, -0.25) is 0 Å². The van der Waals surface area contributed by atoms with Crippen molar-refractivity contribution in [3.05, 3.63) is 48.2 Å². The van der Waals surface area contributed by atoms with Gasteiger partial charge in [0.1, 0.15) is 0 Å². The van der Waals surface area contributed by atoms with Gasteiger partial charge in [-0.25, -0.2) is 0 Å². The Morgan fingerprint density at radius 1 is 1.21 bits per heavy atom. The highest BCUT2D eigenvalue weighted by atomic mass is 14.8. The van der Waals surface area contributed by atoms with Gasteiger partial charge in [0.2, 0.25) is 0 Å². The molecule has 76 valence electrons. The molecule has 0 aliphatic rings. The molecule has 0 radical (unpaired) electrons. The van der Waals surface area contributed by atoms with E-state index in [0.717, 1.165) is 6.54 Å². The van der Waals surface area contributed by atoms with Crippen LogP contribution in [0.3, 0.4) is 0 Å². The largest absolute Gasteiger partial charge is 0.387 e. The summed E-state index contributed by atoms with van der Waals surface area (Å²) < 4.78 is 0. The van der Waals surface area contributed by atoms with Crippen molar-refractivity contribution in [1.82, 2.24) is 5.32 Å². The van der Waals surface area contributed by atoms with Crippen LogP contribution < -0.4 is 5.32 Å². The van der Waals surface area contributed by atoms with Crippen molar-refractivity contribution in [2.24, 2.45) is 0 Å². The van der Waals surface area contributed by atoms with Crippen molar-refractivity contribution in [2.45, 2.75) is 32.7 Å².